The molecule has 1 aliphatic heterocycles. The lowest BCUT2D eigenvalue weighted by molar-refractivity contribution is -0.141. The Balaban J connectivity index is 1.99. The van der Waals surface area contributed by atoms with Gasteiger partial charge in [0.15, 0.2) is 0 Å². The number of aliphatic carboxylic acids is 1. The molecule has 4 nitrogen and oxygen atoms in total. The number of halogens is 2. The van der Waals surface area contributed by atoms with Crippen LogP contribution in [-0.4, -0.2) is 35.0 Å². The highest BCUT2D eigenvalue weighted by atomic mass is 35.5. The van der Waals surface area contributed by atoms with Crippen LogP contribution in [0, 0.1) is 5.92 Å². The van der Waals surface area contributed by atoms with Gasteiger partial charge in [0, 0.05) is 19.2 Å². The molecule has 0 saturated carbocycles. The Bertz CT molecular complexity index is 572. The molecule has 1 saturated heterocycles. The van der Waals surface area contributed by atoms with E-state index in [9.17, 15) is 9.59 Å². The van der Waals surface area contributed by atoms with E-state index in [0.29, 0.717) is 23.0 Å². The van der Waals surface area contributed by atoms with Crippen LogP contribution in [0.3, 0.4) is 0 Å². The highest BCUT2D eigenvalue weighted by Crippen LogP contribution is 2.23. The lowest BCUT2D eigenvalue weighted by atomic mass is 10.1. The molecular formula is C14H13Cl2NO3. The zero-order chi connectivity index (χ0) is 14.7. The highest BCUT2D eigenvalue weighted by Gasteiger charge is 2.29. The van der Waals surface area contributed by atoms with Gasteiger partial charge in [0.2, 0.25) is 5.91 Å². The molecule has 1 atom stereocenters. The molecule has 6 heteroatoms. The lowest BCUT2D eigenvalue weighted by Crippen LogP contribution is -2.28. The third-order valence-electron chi connectivity index (χ3n) is 3.21. The van der Waals surface area contributed by atoms with Crippen molar-refractivity contribution in [1.29, 1.82) is 0 Å². The summed E-state index contributed by atoms with van der Waals surface area (Å²) in [4.78, 5) is 24.3. The summed E-state index contributed by atoms with van der Waals surface area (Å²) in [6.45, 7) is 0.737. The molecule has 1 heterocycles. The Morgan fingerprint density at radius 2 is 2.05 bits per heavy atom. The Labute approximate surface area is 126 Å². The molecule has 1 amide bonds. The first kappa shape index (κ1) is 14.9. The summed E-state index contributed by atoms with van der Waals surface area (Å²) >= 11 is 11.7. The maximum absolute atomic E-state index is 11.9. The van der Waals surface area contributed by atoms with Crippen molar-refractivity contribution in [1.82, 2.24) is 4.90 Å². The zero-order valence-electron chi connectivity index (χ0n) is 10.6. The molecule has 2 rings (SSSR count). The standard InChI is InChI=1S/C14H13Cl2NO3/c15-11-3-1-9(7-12(11)16)2-4-13(18)17-6-5-10(8-17)14(19)20/h1-4,7,10H,5-6,8H2,(H,19,20). The molecule has 1 unspecified atom stereocenters. The second-order valence-electron chi connectivity index (χ2n) is 4.61. The fourth-order valence-corrected chi connectivity index (χ4v) is 2.36. The Morgan fingerprint density at radius 1 is 1.30 bits per heavy atom. The first-order valence-electron chi connectivity index (χ1n) is 6.12. The molecule has 1 fully saturated rings. The van der Waals surface area contributed by atoms with Crippen molar-refractivity contribution >= 4 is 41.2 Å². The Morgan fingerprint density at radius 3 is 2.65 bits per heavy atom. The fourth-order valence-electron chi connectivity index (χ4n) is 2.05. The summed E-state index contributed by atoms with van der Waals surface area (Å²) in [7, 11) is 0. The summed E-state index contributed by atoms with van der Waals surface area (Å²) in [5.41, 5.74) is 0.765. The van der Waals surface area contributed by atoms with Gasteiger partial charge in [-0.05, 0) is 30.2 Å². The van der Waals surface area contributed by atoms with Crippen LogP contribution in [0.1, 0.15) is 12.0 Å². The number of rotatable bonds is 3. The minimum absolute atomic E-state index is 0.195. The molecule has 1 aromatic carbocycles. The van der Waals surface area contributed by atoms with Gasteiger partial charge in [-0.2, -0.15) is 0 Å². The average molecular weight is 314 g/mol. The van der Waals surface area contributed by atoms with E-state index < -0.39 is 11.9 Å². The molecule has 0 spiro atoms. The normalized spacial score (nSPS) is 18.7. The number of benzene rings is 1. The summed E-state index contributed by atoms with van der Waals surface area (Å²) in [6.07, 6.45) is 3.56. The first-order valence-corrected chi connectivity index (χ1v) is 6.88. The van der Waals surface area contributed by atoms with E-state index in [0.717, 1.165) is 5.56 Å². The first-order chi connectivity index (χ1) is 9.47. The summed E-state index contributed by atoms with van der Waals surface area (Å²) in [5, 5.41) is 9.78. The molecule has 0 radical (unpaired) electrons. The van der Waals surface area contributed by atoms with Gasteiger partial charge < -0.3 is 10.0 Å². The van der Waals surface area contributed by atoms with E-state index in [1.54, 1.807) is 24.3 Å². The van der Waals surface area contributed by atoms with Crippen molar-refractivity contribution in [3.8, 4) is 0 Å². The van der Waals surface area contributed by atoms with E-state index in [2.05, 4.69) is 0 Å². The van der Waals surface area contributed by atoms with Gasteiger partial charge in [-0.15, -0.1) is 0 Å². The minimum Gasteiger partial charge on any atom is -0.481 e. The molecule has 0 bridgehead atoms. The molecule has 0 aromatic heterocycles. The van der Waals surface area contributed by atoms with E-state index in [1.165, 1.54) is 11.0 Å². The molecule has 20 heavy (non-hydrogen) atoms. The number of carbonyl (C=O) groups is 2. The van der Waals surface area contributed by atoms with E-state index in [-0.39, 0.29) is 12.5 Å². The highest BCUT2D eigenvalue weighted by molar-refractivity contribution is 6.42. The summed E-state index contributed by atoms with van der Waals surface area (Å²) < 4.78 is 0. The van der Waals surface area contributed by atoms with E-state index in [1.807, 2.05) is 0 Å². The second kappa shape index (κ2) is 6.29. The van der Waals surface area contributed by atoms with Crippen LogP contribution >= 0.6 is 23.2 Å². The van der Waals surface area contributed by atoms with Crippen LogP contribution in [0.2, 0.25) is 10.0 Å². The number of amides is 1. The van der Waals surface area contributed by atoms with Gasteiger partial charge in [0.05, 0.1) is 16.0 Å². The molecule has 0 aliphatic carbocycles. The predicted octanol–water partition coefficient (Wildman–Crippen LogP) is 2.94. The number of carboxylic acid groups (broad SMARTS) is 1. The molecule has 1 aliphatic rings. The number of likely N-dealkylation sites (tertiary alicyclic amines) is 1. The van der Waals surface area contributed by atoms with Gasteiger partial charge >= 0.3 is 5.97 Å². The van der Waals surface area contributed by atoms with Gasteiger partial charge in [-0.25, -0.2) is 0 Å². The number of hydrogen-bond acceptors (Lipinski definition) is 2. The molecule has 1 aromatic rings. The maximum Gasteiger partial charge on any atom is 0.308 e. The molecule has 1 N–H and O–H groups in total. The maximum atomic E-state index is 11.9. The van der Waals surface area contributed by atoms with Crippen molar-refractivity contribution in [3.05, 3.63) is 39.9 Å². The monoisotopic (exact) mass is 313 g/mol. The van der Waals surface area contributed by atoms with Crippen LogP contribution in [0.5, 0.6) is 0 Å². The van der Waals surface area contributed by atoms with E-state index >= 15 is 0 Å². The topological polar surface area (TPSA) is 57.6 Å². The van der Waals surface area contributed by atoms with Crippen LogP contribution in [-0.2, 0) is 9.59 Å². The van der Waals surface area contributed by atoms with Crippen LogP contribution < -0.4 is 0 Å². The SMILES string of the molecule is O=C(O)C1CCN(C(=O)C=Cc2ccc(Cl)c(Cl)c2)C1. The zero-order valence-corrected chi connectivity index (χ0v) is 12.1. The second-order valence-corrected chi connectivity index (χ2v) is 5.43. The fraction of sp³-hybridized carbons (Fsp3) is 0.286. The summed E-state index contributed by atoms with van der Waals surface area (Å²) in [5.74, 6) is -1.51. The third kappa shape index (κ3) is 3.52. The van der Waals surface area contributed by atoms with Gasteiger partial charge in [-0.1, -0.05) is 29.3 Å². The molecule has 106 valence electrons. The molecular weight excluding hydrogens is 301 g/mol. The average Bonchev–Trinajstić information content (AvgIpc) is 2.89. The lowest BCUT2D eigenvalue weighted by Gasteiger charge is -2.12. The van der Waals surface area contributed by atoms with Crippen LogP contribution in [0.15, 0.2) is 24.3 Å². The van der Waals surface area contributed by atoms with Crippen molar-refractivity contribution in [2.75, 3.05) is 13.1 Å². The minimum atomic E-state index is -0.853. The van der Waals surface area contributed by atoms with Crippen molar-refractivity contribution < 1.29 is 14.7 Å². The number of carboxylic acids is 1. The van der Waals surface area contributed by atoms with Crippen LogP contribution in [0.25, 0.3) is 6.08 Å². The van der Waals surface area contributed by atoms with Gasteiger partial charge in [0.25, 0.3) is 0 Å². The van der Waals surface area contributed by atoms with Gasteiger partial charge in [-0.3, -0.25) is 9.59 Å². The van der Waals surface area contributed by atoms with Gasteiger partial charge in [0.1, 0.15) is 0 Å². The van der Waals surface area contributed by atoms with Crippen molar-refractivity contribution in [2.24, 2.45) is 5.92 Å². The Hall–Kier alpha value is -1.52. The largest absolute Gasteiger partial charge is 0.481 e. The smallest absolute Gasteiger partial charge is 0.308 e. The number of nitrogens with zero attached hydrogens (tertiary/aromatic N) is 1. The predicted molar refractivity (Wildman–Crippen MR) is 77.8 cm³/mol. The van der Waals surface area contributed by atoms with E-state index in [4.69, 9.17) is 28.3 Å². The Kier molecular flexibility index (Phi) is 4.68. The quantitative estimate of drug-likeness (QED) is 0.873. The number of carbonyl (C=O) groups excluding carboxylic acids is 1. The third-order valence-corrected chi connectivity index (χ3v) is 3.95. The van der Waals surface area contributed by atoms with Crippen molar-refractivity contribution in [3.63, 3.8) is 0 Å². The van der Waals surface area contributed by atoms with Crippen molar-refractivity contribution in [2.45, 2.75) is 6.42 Å². The van der Waals surface area contributed by atoms with Crippen LogP contribution in [0.4, 0.5) is 0 Å². The number of hydrogen-bond donors (Lipinski definition) is 1. The summed E-state index contributed by atoms with van der Waals surface area (Å²) in [6, 6.07) is 5.07.